The van der Waals surface area contributed by atoms with Crippen molar-refractivity contribution in [1.29, 1.82) is 0 Å². The smallest absolute Gasteiger partial charge is 0.254 e. The van der Waals surface area contributed by atoms with Gasteiger partial charge in [0.25, 0.3) is 5.91 Å². The lowest BCUT2D eigenvalue weighted by Gasteiger charge is -2.18. The van der Waals surface area contributed by atoms with E-state index in [0.717, 1.165) is 11.1 Å². The molecule has 0 unspecified atom stereocenters. The molecule has 0 saturated carbocycles. The van der Waals surface area contributed by atoms with Gasteiger partial charge in [0.2, 0.25) is 0 Å². The van der Waals surface area contributed by atoms with Crippen molar-refractivity contribution in [1.82, 2.24) is 5.32 Å². The van der Waals surface area contributed by atoms with Crippen molar-refractivity contribution in [2.24, 2.45) is 0 Å². The Morgan fingerprint density at radius 1 is 1.37 bits per heavy atom. The highest BCUT2D eigenvalue weighted by Crippen LogP contribution is 2.19. The molecule has 0 aliphatic carbocycles. The van der Waals surface area contributed by atoms with Gasteiger partial charge in [0.05, 0.1) is 17.9 Å². The molecule has 4 nitrogen and oxygen atoms in total. The first-order chi connectivity index (χ1) is 9.22. The summed E-state index contributed by atoms with van der Waals surface area (Å²) in [4.78, 5) is 11.8. The Morgan fingerprint density at radius 3 is 2.79 bits per heavy atom. The second kappa shape index (κ2) is 6.20. The minimum absolute atomic E-state index is 0.156. The summed E-state index contributed by atoms with van der Waals surface area (Å²) in [7, 11) is 1.64. The quantitative estimate of drug-likeness (QED) is 0.898. The third-order valence-electron chi connectivity index (χ3n) is 3.05. The normalized spacial score (nSPS) is 12.1. The van der Waals surface area contributed by atoms with E-state index in [1.807, 2.05) is 31.2 Å². The number of nitrogens with one attached hydrogen (secondary N) is 1. The zero-order valence-electron chi connectivity index (χ0n) is 11.1. The number of amides is 1. The molecule has 0 radical (unpaired) electrons. The van der Waals surface area contributed by atoms with Crippen LogP contribution in [0.1, 0.15) is 27.6 Å². The minimum atomic E-state index is -0.163. The number of hydrogen-bond donors (Lipinski definition) is 1. The number of benzene rings is 1. The van der Waals surface area contributed by atoms with E-state index in [-0.39, 0.29) is 12.0 Å². The molecule has 0 fully saturated rings. The lowest BCUT2D eigenvalue weighted by molar-refractivity contribution is 0.0825. The van der Waals surface area contributed by atoms with Crippen LogP contribution < -0.4 is 5.32 Å². The molecule has 0 aliphatic rings. The van der Waals surface area contributed by atoms with E-state index in [4.69, 9.17) is 9.15 Å². The topological polar surface area (TPSA) is 51.5 Å². The largest absolute Gasteiger partial charge is 0.472 e. The van der Waals surface area contributed by atoms with Crippen LogP contribution in [0.15, 0.2) is 47.3 Å². The predicted molar refractivity (Wildman–Crippen MR) is 72.0 cm³/mol. The fourth-order valence-corrected chi connectivity index (χ4v) is 1.95. The second-order valence-electron chi connectivity index (χ2n) is 4.30. The Labute approximate surface area is 112 Å². The van der Waals surface area contributed by atoms with Crippen LogP contribution in [0.3, 0.4) is 0 Å². The van der Waals surface area contributed by atoms with Crippen LogP contribution in [0.4, 0.5) is 0 Å². The first-order valence-electron chi connectivity index (χ1n) is 6.11. The zero-order valence-corrected chi connectivity index (χ0v) is 11.1. The molecule has 0 bridgehead atoms. The molecule has 1 aromatic heterocycles. The summed E-state index contributed by atoms with van der Waals surface area (Å²) < 4.78 is 10.3. The highest BCUT2D eigenvalue weighted by Gasteiger charge is 2.14. The molecule has 19 heavy (non-hydrogen) atoms. The van der Waals surface area contributed by atoms with Gasteiger partial charge in [-0.1, -0.05) is 24.3 Å². The predicted octanol–water partition coefficient (Wildman–Crippen LogP) is 2.71. The number of aryl methyl sites for hydroxylation is 1. The fourth-order valence-electron chi connectivity index (χ4n) is 1.95. The van der Waals surface area contributed by atoms with E-state index in [0.29, 0.717) is 12.1 Å². The molecule has 2 aromatic rings. The summed E-state index contributed by atoms with van der Waals surface area (Å²) >= 11 is 0. The van der Waals surface area contributed by atoms with Crippen molar-refractivity contribution < 1.29 is 13.9 Å². The lowest BCUT2D eigenvalue weighted by atomic mass is 10.0. The molecule has 100 valence electrons. The van der Waals surface area contributed by atoms with Gasteiger partial charge in [-0.05, 0) is 24.1 Å². The summed E-state index contributed by atoms with van der Waals surface area (Å²) in [6, 6.07) is 9.61. The highest BCUT2D eigenvalue weighted by atomic mass is 16.5. The SMILES string of the molecule is CO[C@@H](CNC(=O)c1ccoc1)c1ccccc1C. The van der Waals surface area contributed by atoms with Crippen LogP contribution in [-0.4, -0.2) is 19.6 Å². The Balaban J connectivity index is 2.01. The van der Waals surface area contributed by atoms with E-state index >= 15 is 0 Å². The van der Waals surface area contributed by atoms with Gasteiger partial charge >= 0.3 is 0 Å². The third kappa shape index (κ3) is 3.23. The van der Waals surface area contributed by atoms with Gasteiger partial charge in [-0.15, -0.1) is 0 Å². The summed E-state index contributed by atoms with van der Waals surface area (Å²) in [5, 5.41) is 2.84. The number of carbonyl (C=O) groups is 1. The van der Waals surface area contributed by atoms with E-state index in [9.17, 15) is 4.79 Å². The summed E-state index contributed by atoms with van der Waals surface area (Å²) in [6.07, 6.45) is 2.74. The third-order valence-corrected chi connectivity index (χ3v) is 3.05. The van der Waals surface area contributed by atoms with Gasteiger partial charge in [-0.3, -0.25) is 4.79 Å². The molecule has 1 amide bonds. The maximum atomic E-state index is 11.8. The molecule has 1 aromatic carbocycles. The van der Waals surface area contributed by atoms with Crippen molar-refractivity contribution in [3.05, 3.63) is 59.5 Å². The number of furan rings is 1. The second-order valence-corrected chi connectivity index (χ2v) is 4.30. The first kappa shape index (κ1) is 13.4. The fraction of sp³-hybridized carbons (Fsp3) is 0.267. The number of carbonyl (C=O) groups excluding carboxylic acids is 1. The summed E-state index contributed by atoms with van der Waals surface area (Å²) in [6.45, 7) is 2.45. The van der Waals surface area contributed by atoms with Gasteiger partial charge in [0, 0.05) is 13.7 Å². The molecular weight excluding hydrogens is 242 g/mol. The Morgan fingerprint density at radius 2 is 2.16 bits per heavy atom. The van der Waals surface area contributed by atoms with Crippen LogP contribution in [0.25, 0.3) is 0 Å². The molecule has 1 heterocycles. The zero-order chi connectivity index (χ0) is 13.7. The average molecular weight is 259 g/mol. The Hall–Kier alpha value is -2.07. The van der Waals surface area contributed by atoms with Crippen LogP contribution in [0.5, 0.6) is 0 Å². The van der Waals surface area contributed by atoms with Gasteiger partial charge < -0.3 is 14.5 Å². The minimum Gasteiger partial charge on any atom is -0.472 e. The van der Waals surface area contributed by atoms with Gasteiger partial charge in [0.1, 0.15) is 6.26 Å². The van der Waals surface area contributed by atoms with Crippen molar-refractivity contribution >= 4 is 5.91 Å². The average Bonchev–Trinajstić information content (AvgIpc) is 2.95. The lowest BCUT2D eigenvalue weighted by Crippen LogP contribution is -2.29. The summed E-state index contributed by atoms with van der Waals surface area (Å²) in [5.74, 6) is -0.163. The Bertz CT molecular complexity index is 534. The van der Waals surface area contributed by atoms with E-state index in [2.05, 4.69) is 5.32 Å². The Kier molecular flexibility index (Phi) is 4.36. The van der Waals surface area contributed by atoms with Gasteiger partial charge in [-0.25, -0.2) is 0 Å². The van der Waals surface area contributed by atoms with E-state index in [1.54, 1.807) is 13.2 Å². The van der Waals surface area contributed by atoms with Crippen molar-refractivity contribution in [2.45, 2.75) is 13.0 Å². The number of ether oxygens (including phenoxy) is 1. The molecular formula is C15H17NO3. The van der Waals surface area contributed by atoms with Crippen molar-refractivity contribution in [3.63, 3.8) is 0 Å². The number of rotatable bonds is 5. The molecule has 4 heteroatoms. The van der Waals surface area contributed by atoms with Crippen LogP contribution >= 0.6 is 0 Å². The van der Waals surface area contributed by atoms with Crippen LogP contribution in [0.2, 0.25) is 0 Å². The monoisotopic (exact) mass is 259 g/mol. The highest BCUT2D eigenvalue weighted by molar-refractivity contribution is 5.93. The maximum absolute atomic E-state index is 11.8. The van der Waals surface area contributed by atoms with Gasteiger partial charge in [0.15, 0.2) is 0 Å². The van der Waals surface area contributed by atoms with Crippen LogP contribution in [0, 0.1) is 6.92 Å². The van der Waals surface area contributed by atoms with E-state index < -0.39 is 0 Å². The number of methoxy groups -OCH3 is 1. The first-order valence-corrected chi connectivity index (χ1v) is 6.11. The summed E-state index contributed by atoms with van der Waals surface area (Å²) in [5.41, 5.74) is 2.74. The number of hydrogen-bond acceptors (Lipinski definition) is 3. The molecule has 0 aliphatic heterocycles. The van der Waals surface area contributed by atoms with Crippen molar-refractivity contribution in [3.8, 4) is 0 Å². The molecule has 2 rings (SSSR count). The van der Waals surface area contributed by atoms with Gasteiger partial charge in [-0.2, -0.15) is 0 Å². The van der Waals surface area contributed by atoms with Crippen molar-refractivity contribution in [2.75, 3.05) is 13.7 Å². The maximum Gasteiger partial charge on any atom is 0.254 e. The van der Waals surface area contributed by atoms with Crippen LogP contribution in [-0.2, 0) is 4.74 Å². The molecule has 1 N–H and O–H groups in total. The molecule has 0 saturated heterocycles. The molecule has 1 atom stereocenters. The molecule has 0 spiro atoms. The van der Waals surface area contributed by atoms with E-state index in [1.165, 1.54) is 12.5 Å². The standard InChI is InChI=1S/C15H17NO3/c1-11-5-3-4-6-13(11)14(18-2)9-16-15(17)12-7-8-19-10-12/h3-8,10,14H,9H2,1-2H3,(H,16,17)/t14-/m0/s1.